The number of ether oxygens (including phenoxy) is 1. The lowest BCUT2D eigenvalue weighted by molar-refractivity contribution is -0.117. The van der Waals surface area contributed by atoms with E-state index in [1.165, 1.54) is 7.11 Å². The Morgan fingerprint density at radius 1 is 1.31 bits per heavy atom. The fourth-order valence-electron chi connectivity index (χ4n) is 3.72. The number of rotatable bonds is 7. The zero-order valence-corrected chi connectivity index (χ0v) is 20.5. The molecule has 1 unspecified atom stereocenters. The zero-order chi connectivity index (χ0) is 25.1. The summed E-state index contributed by atoms with van der Waals surface area (Å²) < 4.78 is 18.9. The topological polar surface area (TPSA) is 126 Å². The molecule has 0 saturated carbocycles. The molecule has 0 saturated heterocycles. The summed E-state index contributed by atoms with van der Waals surface area (Å²) in [4.78, 5) is 21.0. The molecular formula is C25H24N6O3S. The number of carbonyl (C=O) groups excluding carboxylic acids is 1. The number of aromatic nitrogens is 4. The first-order valence-corrected chi connectivity index (χ1v) is 12.3. The number of pyridine rings is 1. The Morgan fingerprint density at radius 2 is 2.11 bits per heavy atom. The molecule has 4 rings (SSSR count). The van der Waals surface area contributed by atoms with Gasteiger partial charge in [-0.3, -0.25) is 13.7 Å². The van der Waals surface area contributed by atoms with E-state index in [1.54, 1.807) is 60.7 Å². The van der Waals surface area contributed by atoms with Crippen LogP contribution in [0.15, 0.2) is 59.5 Å². The molecule has 0 aliphatic rings. The largest absolute Gasteiger partial charge is 0.495 e. The van der Waals surface area contributed by atoms with Gasteiger partial charge < -0.3 is 15.0 Å². The van der Waals surface area contributed by atoms with Gasteiger partial charge in [0.15, 0.2) is 0 Å². The van der Waals surface area contributed by atoms with Gasteiger partial charge in [0.1, 0.15) is 23.0 Å². The monoisotopic (exact) mass is 488 g/mol. The lowest BCUT2D eigenvalue weighted by atomic mass is 10.1. The summed E-state index contributed by atoms with van der Waals surface area (Å²) in [5.41, 5.74) is 3.84. The molecule has 3 aromatic heterocycles. The number of aryl methyl sites for hydroxylation is 1. The Labute approximate surface area is 204 Å². The number of nitrogens with one attached hydrogen (secondary N) is 2. The van der Waals surface area contributed by atoms with Crippen molar-refractivity contribution in [3.05, 3.63) is 65.8 Å². The Hall–Kier alpha value is -4.23. The molecule has 9 nitrogen and oxygen atoms in total. The van der Waals surface area contributed by atoms with E-state index in [1.807, 2.05) is 25.4 Å². The average molecular weight is 489 g/mol. The van der Waals surface area contributed by atoms with Crippen molar-refractivity contribution in [1.82, 2.24) is 25.1 Å². The number of carbonyl (C=O) groups is 1. The second-order valence-corrected chi connectivity index (χ2v) is 9.34. The number of fused-ring (bicyclic) bond motifs is 1. The molecule has 1 aromatic carbocycles. The molecule has 178 valence electrons. The molecule has 3 heterocycles. The third-order valence-corrected chi connectivity index (χ3v) is 6.57. The molecule has 2 N–H and O–H groups in total. The average Bonchev–Trinajstić information content (AvgIpc) is 3.47. The summed E-state index contributed by atoms with van der Waals surface area (Å²) in [7, 11) is 2.14. The third kappa shape index (κ3) is 5.00. The van der Waals surface area contributed by atoms with E-state index in [2.05, 4.69) is 20.4 Å². The summed E-state index contributed by atoms with van der Waals surface area (Å²) in [5, 5.41) is 17.5. The number of amides is 1. The highest BCUT2D eigenvalue weighted by atomic mass is 32.2. The van der Waals surface area contributed by atoms with Crippen molar-refractivity contribution in [3.63, 3.8) is 0 Å². The van der Waals surface area contributed by atoms with E-state index in [9.17, 15) is 14.3 Å². The van der Waals surface area contributed by atoms with Gasteiger partial charge in [-0.05, 0) is 36.8 Å². The number of nitriles is 1. The minimum atomic E-state index is -1.20. The number of H-pyrrole nitrogens is 1. The summed E-state index contributed by atoms with van der Waals surface area (Å²) in [6.07, 6.45) is 10.2. The smallest absolute Gasteiger partial charge is 0.262 e. The molecule has 0 bridgehead atoms. The standard InChI is InChI=1S/C25H24N6O3S/c1-15(16-5-6-23(35(4)33)22(9-16)34-3)30-25(32)17(10-26)7-19-12-28-24-21(19)8-18(11-27-24)20-13-29-31(2)14-20/h5-9,11-15H,1-4H3,(H,27,28)(H,30,32)/b17-7+/t15-,35?/m1/s1. The fourth-order valence-corrected chi connectivity index (χ4v) is 4.41. The second-order valence-electron chi connectivity index (χ2n) is 8.00. The number of hydrogen-bond acceptors (Lipinski definition) is 6. The van der Waals surface area contributed by atoms with Crippen molar-refractivity contribution in [3.8, 4) is 22.9 Å². The minimum Gasteiger partial charge on any atom is -0.495 e. The van der Waals surface area contributed by atoms with Gasteiger partial charge in [-0.1, -0.05) is 6.07 Å². The maximum absolute atomic E-state index is 12.9. The first-order valence-electron chi connectivity index (χ1n) is 10.7. The quantitative estimate of drug-likeness (QED) is 0.303. The SMILES string of the molecule is COc1cc([C@@H](C)NC(=O)/C(C#N)=C/c2c[nH]c3ncc(-c4cnn(C)c4)cc23)ccc1S(C)=O. The van der Waals surface area contributed by atoms with Crippen LogP contribution in [0.1, 0.15) is 24.1 Å². The predicted molar refractivity (Wildman–Crippen MR) is 134 cm³/mol. The van der Waals surface area contributed by atoms with Crippen LogP contribution in [0.3, 0.4) is 0 Å². The van der Waals surface area contributed by atoms with Crippen LogP contribution in [0, 0.1) is 11.3 Å². The second kappa shape index (κ2) is 9.95. The van der Waals surface area contributed by atoms with E-state index < -0.39 is 22.7 Å². The first kappa shape index (κ1) is 23.9. The van der Waals surface area contributed by atoms with E-state index in [0.29, 0.717) is 21.9 Å². The molecule has 0 spiro atoms. The predicted octanol–water partition coefficient (Wildman–Crippen LogP) is 3.49. The summed E-state index contributed by atoms with van der Waals surface area (Å²) >= 11 is 0. The first-order chi connectivity index (χ1) is 16.8. The maximum atomic E-state index is 12.9. The fraction of sp³-hybridized carbons (Fsp3) is 0.200. The van der Waals surface area contributed by atoms with E-state index in [-0.39, 0.29) is 5.57 Å². The number of methoxy groups -OCH3 is 1. The summed E-state index contributed by atoms with van der Waals surface area (Å²) in [6, 6.07) is 8.77. The van der Waals surface area contributed by atoms with Crippen molar-refractivity contribution >= 4 is 33.8 Å². The van der Waals surface area contributed by atoms with E-state index in [4.69, 9.17) is 4.74 Å². The van der Waals surface area contributed by atoms with Gasteiger partial charge in [-0.25, -0.2) is 4.98 Å². The number of nitrogens with zero attached hydrogens (tertiary/aromatic N) is 4. The van der Waals surface area contributed by atoms with Gasteiger partial charge in [-0.15, -0.1) is 0 Å². The Morgan fingerprint density at radius 3 is 2.77 bits per heavy atom. The molecule has 0 aliphatic carbocycles. The molecule has 0 radical (unpaired) electrons. The molecule has 35 heavy (non-hydrogen) atoms. The number of aromatic amines is 1. The lowest BCUT2D eigenvalue weighted by Gasteiger charge is -2.16. The maximum Gasteiger partial charge on any atom is 0.262 e. The molecule has 1 amide bonds. The number of hydrogen-bond donors (Lipinski definition) is 2. The van der Waals surface area contributed by atoms with E-state index >= 15 is 0 Å². The molecule has 0 fully saturated rings. The highest BCUT2D eigenvalue weighted by molar-refractivity contribution is 7.84. The summed E-state index contributed by atoms with van der Waals surface area (Å²) in [6.45, 7) is 1.81. The van der Waals surface area contributed by atoms with Gasteiger partial charge in [0.25, 0.3) is 5.91 Å². The zero-order valence-electron chi connectivity index (χ0n) is 19.7. The number of benzene rings is 1. The molecule has 10 heteroatoms. The molecule has 2 atom stereocenters. The van der Waals surface area contributed by atoms with Gasteiger partial charge in [0.05, 0.1) is 35.0 Å². The Bertz CT molecular complexity index is 1510. The van der Waals surface area contributed by atoms with Crippen LogP contribution in [0.2, 0.25) is 0 Å². The molecular weight excluding hydrogens is 464 g/mol. The van der Waals surface area contributed by atoms with Crippen LogP contribution < -0.4 is 10.1 Å². The van der Waals surface area contributed by atoms with Crippen LogP contribution in [0.25, 0.3) is 28.2 Å². The van der Waals surface area contributed by atoms with Gasteiger partial charge in [0.2, 0.25) is 0 Å². The lowest BCUT2D eigenvalue weighted by Crippen LogP contribution is -2.27. The van der Waals surface area contributed by atoms with Crippen LogP contribution in [0.4, 0.5) is 0 Å². The van der Waals surface area contributed by atoms with Crippen molar-refractivity contribution in [1.29, 1.82) is 5.26 Å². The Kier molecular flexibility index (Phi) is 6.80. The van der Waals surface area contributed by atoms with E-state index in [0.717, 1.165) is 22.1 Å². The molecule has 0 aliphatic heterocycles. The molecule has 4 aromatic rings. The van der Waals surface area contributed by atoms with Crippen molar-refractivity contribution in [2.75, 3.05) is 13.4 Å². The highest BCUT2D eigenvalue weighted by Gasteiger charge is 2.17. The highest BCUT2D eigenvalue weighted by Crippen LogP contribution is 2.27. The van der Waals surface area contributed by atoms with Crippen LogP contribution in [-0.4, -0.2) is 43.2 Å². The minimum absolute atomic E-state index is 0.0391. The van der Waals surface area contributed by atoms with Crippen molar-refractivity contribution < 1.29 is 13.7 Å². The van der Waals surface area contributed by atoms with Crippen molar-refractivity contribution in [2.24, 2.45) is 7.05 Å². The van der Waals surface area contributed by atoms with Gasteiger partial charge in [-0.2, -0.15) is 10.4 Å². The summed E-state index contributed by atoms with van der Waals surface area (Å²) in [5.74, 6) is -0.0240. The van der Waals surface area contributed by atoms with Crippen molar-refractivity contribution in [2.45, 2.75) is 17.9 Å². The third-order valence-electron chi connectivity index (χ3n) is 5.61. The van der Waals surface area contributed by atoms with Crippen LogP contribution >= 0.6 is 0 Å². The Balaban J connectivity index is 1.59. The van der Waals surface area contributed by atoms with Crippen LogP contribution in [-0.2, 0) is 22.6 Å². The van der Waals surface area contributed by atoms with Crippen LogP contribution in [0.5, 0.6) is 5.75 Å². The van der Waals surface area contributed by atoms with Gasteiger partial charge in [0, 0.05) is 54.0 Å². The van der Waals surface area contributed by atoms with Gasteiger partial charge >= 0.3 is 0 Å². The normalized spacial score (nSPS) is 13.3.